The molecule has 3 aliphatic rings. The van der Waals surface area contributed by atoms with Gasteiger partial charge < -0.3 is 33.2 Å². The third kappa shape index (κ3) is 4.74. The molecule has 0 bridgehead atoms. The molecule has 0 aromatic carbocycles. The maximum Gasteiger partial charge on any atom is 0.309 e. The number of rotatable bonds is 6. The van der Waals surface area contributed by atoms with E-state index in [4.69, 9.17) is 33.2 Å². The molecule has 166 valence electrons. The molecule has 0 spiro atoms. The molecule has 3 fully saturated rings. The molecule has 3 saturated heterocycles. The molecule has 7 atom stereocenters. The van der Waals surface area contributed by atoms with Crippen molar-refractivity contribution in [3.8, 4) is 0 Å². The first-order chi connectivity index (χ1) is 13.4. The first-order valence-corrected chi connectivity index (χ1v) is 10.1. The maximum absolute atomic E-state index is 12.5. The van der Waals surface area contributed by atoms with Gasteiger partial charge in [0.15, 0.2) is 17.9 Å². The minimum atomic E-state index is -0.822. The molecule has 0 aliphatic carbocycles. The van der Waals surface area contributed by atoms with Gasteiger partial charge in [-0.05, 0) is 34.6 Å². The number of carbonyl (C=O) groups excluding carboxylic acids is 2. The van der Waals surface area contributed by atoms with Crippen LogP contribution in [0.1, 0.15) is 48.5 Å². The topological polar surface area (TPSA) is 98.8 Å². The van der Waals surface area contributed by atoms with Gasteiger partial charge in [-0.25, -0.2) is 0 Å². The van der Waals surface area contributed by atoms with Crippen molar-refractivity contribution in [2.45, 2.75) is 90.7 Å². The van der Waals surface area contributed by atoms with Gasteiger partial charge in [-0.1, -0.05) is 13.8 Å². The molecule has 0 N–H and O–H groups in total. The number of esters is 2. The van der Waals surface area contributed by atoms with Crippen LogP contribution in [0.25, 0.3) is 0 Å². The van der Waals surface area contributed by atoms with E-state index in [1.54, 1.807) is 34.6 Å². The van der Waals surface area contributed by atoms with Crippen molar-refractivity contribution in [3.05, 3.63) is 0 Å². The third-order valence-electron chi connectivity index (χ3n) is 5.42. The summed E-state index contributed by atoms with van der Waals surface area (Å²) < 4.78 is 40.3. The Labute approximate surface area is 171 Å². The van der Waals surface area contributed by atoms with Crippen LogP contribution in [-0.2, 0) is 42.7 Å². The molecular weight excluding hydrogens is 384 g/mol. The minimum Gasteiger partial charge on any atom is -0.466 e. The first kappa shape index (κ1) is 22.4. The molecule has 0 amide bonds. The minimum absolute atomic E-state index is 0.0493. The number of hydrogen-bond acceptors (Lipinski definition) is 9. The van der Waals surface area contributed by atoms with Gasteiger partial charge in [-0.2, -0.15) is 0 Å². The second kappa shape index (κ2) is 8.11. The number of fused-ring (bicyclic) bond motifs is 3. The highest BCUT2D eigenvalue weighted by Crippen LogP contribution is 2.44. The fourth-order valence-corrected chi connectivity index (χ4v) is 3.81. The lowest BCUT2D eigenvalue weighted by molar-refractivity contribution is -0.242. The van der Waals surface area contributed by atoms with Gasteiger partial charge in [0.25, 0.3) is 0 Å². The van der Waals surface area contributed by atoms with Gasteiger partial charge in [-0.3, -0.25) is 9.59 Å². The van der Waals surface area contributed by atoms with Gasteiger partial charge in [0.2, 0.25) is 0 Å². The molecule has 9 heteroatoms. The number of hydrogen-bond donors (Lipinski definition) is 0. The van der Waals surface area contributed by atoms with Gasteiger partial charge in [-0.15, -0.1) is 0 Å². The number of ether oxygens (including phenoxy) is 7. The van der Waals surface area contributed by atoms with Crippen LogP contribution in [0, 0.1) is 11.8 Å². The van der Waals surface area contributed by atoms with Crippen LogP contribution in [0.15, 0.2) is 0 Å². The van der Waals surface area contributed by atoms with Crippen LogP contribution in [0.5, 0.6) is 0 Å². The van der Waals surface area contributed by atoms with Crippen molar-refractivity contribution < 1.29 is 42.7 Å². The Kier molecular flexibility index (Phi) is 6.27. The summed E-state index contributed by atoms with van der Waals surface area (Å²) >= 11 is 0. The van der Waals surface area contributed by atoms with Crippen molar-refractivity contribution in [2.75, 3.05) is 13.2 Å². The van der Waals surface area contributed by atoms with Crippen molar-refractivity contribution >= 4 is 11.9 Å². The molecule has 3 rings (SSSR count). The van der Waals surface area contributed by atoms with Crippen LogP contribution < -0.4 is 0 Å². The zero-order valence-corrected chi connectivity index (χ0v) is 18.1. The highest BCUT2D eigenvalue weighted by molar-refractivity contribution is 5.81. The largest absolute Gasteiger partial charge is 0.466 e. The van der Waals surface area contributed by atoms with Crippen LogP contribution in [0.4, 0.5) is 0 Å². The monoisotopic (exact) mass is 416 g/mol. The average Bonchev–Trinajstić information content (AvgIpc) is 3.12. The van der Waals surface area contributed by atoms with E-state index in [0.717, 1.165) is 0 Å². The quantitative estimate of drug-likeness (QED) is 0.600. The summed E-state index contributed by atoms with van der Waals surface area (Å²) in [6.45, 7) is 12.4. The van der Waals surface area contributed by atoms with E-state index in [9.17, 15) is 9.59 Å². The summed E-state index contributed by atoms with van der Waals surface area (Å²) in [6, 6.07) is 0. The Bertz CT molecular complexity index is 631. The Morgan fingerprint density at radius 3 is 1.97 bits per heavy atom. The summed E-state index contributed by atoms with van der Waals surface area (Å²) in [5.74, 6) is -3.83. The summed E-state index contributed by atoms with van der Waals surface area (Å²) in [7, 11) is 0. The van der Waals surface area contributed by atoms with Crippen LogP contribution in [0.3, 0.4) is 0 Å². The molecule has 9 nitrogen and oxygen atoms in total. The highest BCUT2D eigenvalue weighted by Gasteiger charge is 2.60. The molecular formula is C20H32O9. The highest BCUT2D eigenvalue weighted by atomic mass is 16.9. The smallest absolute Gasteiger partial charge is 0.309 e. The van der Waals surface area contributed by atoms with Crippen LogP contribution >= 0.6 is 0 Å². The summed E-state index contributed by atoms with van der Waals surface area (Å²) in [5, 5.41) is 0. The predicted octanol–water partition coefficient (Wildman–Crippen LogP) is 1.76. The molecule has 7 unspecified atom stereocenters. The SMILES string of the molecule is CCOC(=O)C(C)C(C)C(=O)OCC1OC2OC(C)(C)OC2C2OC(C)(C)OC12. The molecule has 29 heavy (non-hydrogen) atoms. The average molecular weight is 416 g/mol. The van der Waals surface area contributed by atoms with Gasteiger partial charge >= 0.3 is 11.9 Å². The van der Waals surface area contributed by atoms with E-state index in [1.165, 1.54) is 0 Å². The second-order valence-electron chi connectivity index (χ2n) is 8.67. The van der Waals surface area contributed by atoms with E-state index in [0.29, 0.717) is 0 Å². The lowest BCUT2D eigenvalue weighted by atomic mass is 9.96. The van der Waals surface area contributed by atoms with Crippen LogP contribution in [0.2, 0.25) is 0 Å². The standard InChI is InChI=1S/C20H32O9/c1-8-23-16(21)10(2)11(3)17(22)24-9-12-13-14(27-19(4,5)26-13)15-18(25-12)29-20(6,7)28-15/h10-15,18H,8-9H2,1-7H3. The Hall–Kier alpha value is -1.26. The van der Waals surface area contributed by atoms with Crippen molar-refractivity contribution in [1.29, 1.82) is 0 Å². The third-order valence-corrected chi connectivity index (χ3v) is 5.42. The molecule has 3 heterocycles. The van der Waals surface area contributed by atoms with E-state index in [1.807, 2.05) is 13.8 Å². The van der Waals surface area contributed by atoms with Gasteiger partial charge in [0.1, 0.15) is 31.0 Å². The lowest BCUT2D eigenvalue weighted by Gasteiger charge is -2.37. The van der Waals surface area contributed by atoms with E-state index in [-0.39, 0.29) is 13.2 Å². The molecule has 0 saturated carbocycles. The van der Waals surface area contributed by atoms with Crippen molar-refractivity contribution in [1.82, 2.24) is 0 Å². The summed E-state index contributed by atoms with van der Waals surface area (Å²) in [4.78, 5) is 24.4. The predicted molar refractivity (Wildman–Crippen MR) is 98.4 cm³/mol. The first-order valence-electron chi connectivity index (χ1n) is 10.1. The Morgan fingerprint density at radius 2 is 1.34 bits per heavy atom. The fourth-order valence-electron chi connectivity index (χ4n) is 3.81. The normalized spacial score (nSPS) is 36.6. The zero-order valence-electron chi connectivity index (χ0n) is 18.1. The fraction of sp³-hybridized carbons (Fsp3) is 0.900. The molecule has 0 aromatic heterocycles. The Balaban J connectivity index is 1.64. The van der Waals surface area contributed by atoms with Crippen molar-refractivity contribution in [3.63, 3.8) is 0 Å². The summed E-state index contributed by atoms with van der Waals surface area (Å²) in [5.41, 5.74) is 0. The van der Waals surface area contributed by atoms with E-state index >= 15 is 0 Å². The van der Waals surface area contributed by atoms with Gasteiger partial charge in [0, 0.05) is 0 Å². The van der Waals surface area contributed by atoms with E-state index < -0.39 is 66.1 Å². The zero-order chi connectivity index (χ0) is 21.6. The van der Waals surface area contributed by atoms with Crippen LogP contribution in [-0.4, -0.2) is 67.4 Å². The second-order valence-corrected chi connectivity index (χ2v) is 8.67. The van der Waals surface area contributed by atoms with E-state index in [2.05, 4.69) is 0 Å². The summed E-state index contributed by atoms with van der Waals surface area (Å²) in [6.07, 6.45) is -2.57. The maximum atomic E-state index is 12.5. The van der Waals surface area contributed by atoms with Crippen molar-refractivity contribution in [2.24, 2.45) is 11.8 Å². The number of carbonyl (C=O) groups is 2. The van der Waals surface area contributed by atoms with Gasteiger partial charge in [0.05, 0.1) is 18.4 Å². The molecule has 0 radical (unpaired) electrons. The molecule has 0 aromatic rings. The molecule has 3 aliphatic heterocycles. The Morgan fingerprint density at radius 1 is 0.828 bits per heavy atom. The lowest BCUT2D eigenvalue weighted by Crippen LogP contribution is -2.56.